The fraction of sp³-hybridized carbons (Fsp3) is 0.286. The molecule has 0 bridgehead atoms. The Morgan fingerprint density at radius 3 is 2.78 bits per heavy atom. The third-order valence-electron chi connectivity index (χ3n) is 4.38. The molecule has 1 aliphatic rings. The summed E-state index contributed by atoms with van der Waals surface area (Å²) in [5.74, 6) is -0.698. The highest BCUT2D eigenvalue weighted by Gasteiger charge is 2.14. The largest absolute Gasteiger partial charge is 0.387 e. The normalized spacial score (nSPS) is 15.7. The van der Waals surface area contributed by atoms with Crippen LogP contribution < -0.4 is 10.2 Å². The van der Waals surface area contributed by atoms with Crippen LogP contribution in [0.15, 0.2) is 54.6 Å². The van der Waals surface area contributed by atoms with Gasteiger partial charge in [0.15, 0.2) is 0 Å². The van der Waals surface area contributed by atoms with Gasteiger partial charge in [-0.2, -0.15) is 0 Å². The van der Waals surface area contributed by atoms with E-state index in [1.54, 1.807) is 12.1 Å². The number of morpholine rings is 1. The number of aliphatic hydroxyl groups excluding tert-OH is 1. The van der Waals surface area contributed by atoms with Crippen LogP contribution in [0.1, 0.15) is 17.2 Å². The smallest absolute Gasteiger partial charge is 0.244 e. The number of aliphatic hydroxyl groups is 1. The molecule has 5 nitrogen and oxygen atoms in total. The van der Waals surface area contributed by atoms with Crippen molar-refractivity contribution in [3.63, 3.8) is 0 Å². The van der Waals surface area contributed by atoms with Gasteiger partial charge < -0.3 is 20.1 Å². The maximum atomic E-state index is 13.1. The zero-order valence-electron chi connectivity index (χ0n) is 15.0. The Bertz CT molecular complexity index is 804. The molecular weight excluding hydrogens is 347 g/mol. The quantitative estimate of drug-likeness (QED) is 0.767. The van der Waals surface area contributed by atoms with E-state index in [4.69, 9.17) is 4.74 Å². The molecule has 0 saturated carbocycles. The first kappa shape index (κ1) is 19.1. The number of rotatable bonds is 6. The lowest BCUT2D eigenvalue weighted by Gasteiger charge is -2.29. The van der Waals surface area contributed by atoms with E-state index in [2.05, 4.69) is 10.2 Å². The van der Waals surface area contributed by atoms with Gasteiger partial charge in [-0.3, -0.25) is 4.79 Å². The van der Waals surface area contributed by atoms with Gasteiger partial charge in [0.25, 0.3) is 0 Å². The number of nitrogens with zero attached hydrogens (tertiary/aromatic N) is 1. The Morgan fingerprint density at radius 1 is 1.22 bits per heavy atom. The van der Waals surface area contributed by atoms with Crippen LogP contribution >= 0.6 is 0 Å². The summed E-state index contributed by atoms with van der Waals surface area (Å²) in [6.45, 7) is 3.13. The highest BCUT2D eigenvalue weighted by molar-refractivity contribution is 5.91. The van der Waals surface area contributed by atoms with Gasteiger partial charge in [0.2, 0.25) is 5.91 Å². The van der Waals surface area contributed by atoms with Crippen molar-refractivity contribution in [1.29, 1.82) is 0 Å². The lowest BCUT2D eigenvalue weighted by Crippen LogP contribution is -2.36. The van der Waals surface area contributed by atoms with Crippen LogP contribution in [0, 0.1) is 5.82 Å². The Hall–Kier alpha value is -2.70. The second-order valence-electron chi connectivity index (χ2n) is 6.34. The topological polar surface area (TPSA) is 61.8 Å². The lowest BCUT2D eigenvalue weighted by molar-refractivity contribution is -0.116. The fourth-order valence-electron chi connectivity index (χ4n) is 2.91. The average Bonchev–Trinajstić information content (AvgIpc) is 2.71. The van der Waals surface area contributed by atoms with Crippen LogP contribution in [-0.2, 0) is 9.53 Å². The lowest BCUT2D eigenvalue weighted by atomic mass is 10.1. The molecule has 1 atom stereocenters. The maximum Gasteiger partial charge on any atom is 0.244 e. The number of hydrogen-bond donors (Lipinski definition) is 2. The van der Waals surface area contributed by atoms with Gasteiger partial charge in [0, 0.05) is 31.4 Å². The molecule has 2 N–H and O–H groups in total. The molecular formula is C21H23FN2O3. The molecule has 1 saturated heterocycles. The molecule has 0 spiro atoms. The summed E-state index contributed by atoms with van der Waals surface area (Å²) in [5, 5.41) is 13.0. The average molecular weight is 370 g/mol. The number of nitrogens with one attached hydrogen (secondary N) is 1. The molecule has 1 amide bonds. The number of benzene rings is 2. The van der Waals surface area contributed by atoms with Crippen molar-refractivity contribution in [2.75, 3.05) is 37.7 Å². The van der Waals surface area contributed by atoms with Crippen molar-refractivity contribution in [3.8, 4) is 0 Å². The number of ether oxygens (including phenoxy) is 1. The molecule has 2 aromatic carbocycles. The van der Waals surface area contributed by atoms with Crippen LogP contribution in [-0.4, -0.2) is 43.9 Å². The first-order chi connectivity index (χ1) is 13.1. The van der Waals surface area contributed by atoms with Crippen LogP contribution in [0.5, 0.6) is 0 Å². The molecule has 0 radical (unpaired) electrons. The van der Waals surface area contributed by atoms with Gasteiger partial charge in [-0.05, 0) is 41.5 Å². The molecule has 1 aliphatic heterocycles. The van der Waals surface area contributed by atoms with Crippen LogP contribution in [0.4, 0.5) is 10.1 Å². The molecule has 1 unspecified atom stereocenters. The molecule has 142 valence electrons. The molecule has 0 aliphatic carbocycles. The standard InChI is InChI=1S/C21H23FN2O3/c22-18-5-1-3-16(13-18)7-8-21(26)23-15-20(25)17-4-2-6-19(14-17)24-9-11-27-12-10-24/h1-8,13-14,20,25H,9-12,15H2,(H,23,26). The zero-order chi connectivity index (χ0) is 19.1. The van der Waals surface area contributed by atoms with Gasteiger partial charge in [-0.15, -0.1) is 0 Å². The predicted octanol–water partition coefficient (Wildman–Crippen LogP) is 2.53. The second kappa shape index (κ2) is 9.30. The van der Waals surface area contributed by atoms with E-state index < -0.39 is 6.10 Å². The zero-order valence-corrected chi connectivity index (χ0v) is 15.0. The van der Waals surface area contributed by atoms with Crippen molar-refractivity contribution in [3.05, 3.63) is 71.6 Å². The number of anilines is 1. The molecule has 6 heteroatoms. The number of carbonyl (C=O) groups is 1. The van der Waals surface area contributed by atoms with Gasteiger partial charge in [-0.25, -0.2) is 4.39 Å². The molecule has 3 rings (SSSR count). The summed E-state index contributed by atoms with van der Waals surface area (Å²) in [4.78, 5) is 14.1. The van der Waals surface area contributed by atoms with E-state index >= 15 is 0 Å². The van der Waals surface area contributed by atoms with Gasteiger partial charge in [-0.1, -0.05) is 24.3 Å². The number of hydrogen-bond acceptors (Lipinski definition) is 4. The molecule has 0 aromatic heterocycles. The van der Waals surface area contributed by atoms with Crippen LogP contribution in [0.2, 0.25) is 0 Å². The minimum atomic E-state index is -0.808. The summed E-state index contributed by atoms with van der Waals surface area (Å²) in [6.07, 6.45) is 2.05. The third kappa shape index (κ3) is 5.64. The van der Waals surface area contributed by atoms with E-state index in [1.807, 2.05) is 24.3 Å². The van der Waals surface area contributed by atoms with Crippen molar-refractivity contribution in [1.82, 2.24) is 5.32 Å². The Labute approximate surface area is 158 Å². The minimum Gasteiger partial charge on any atom is -0.387 e. The second-order valence-corrected chi connectivity index (χ2v) is 6.34. The van der Waals surface area contributed by atoms with Crippen LogP contribution in [0.25, 0.3) is 6.08 Å². The Kier molecular flexibility index (Phi) is 6.57. The van der Waals surface area contributed by atoms with E-state index in [9.17, 15) is 14.3 Å². The summed E-state index contributed by atoms with van der Waals surface area (Å²) < 4.78 is 18.5. The van der Waals surface area contributed by atoms with Crippen molar-refractivity contribution in [2.45, 2.75) is 6.10 Å². The highest BCUT2D eigenvalue weighted by atomic mass is 19.1. The SMILES string of the molecule is O=C(C=Cc1cccc(F)c1)NCC(O)c1cccc(N2CCOCC2)c1. The van der Waals surface area contributed by atoms with Gasteiger partial charge in [0.05, 0.1) is 19.3 Å². The Morgan fingerprint density at radius 2 is 2.00 bits per heavy atom. The molecule has 1 heterocycles. The molecule has 27 heavy (non-hydrogen) atoms. The number of amides is 1. The molecule has 2 aromatic rings. The maximum absolute atomic E-state index is 13.1. The summed E-state index contributed by atoms with van der Waals surface area (Å²) in [5.41, 5.74) is 2.38. The summed E-state index contributed by atoms with van der Waals surface area (Å²) in [6, 6.07) is 13.6. The van der Waals surface area contributed by atoms with E-state index in [-0.39, 0.29) is 18.3 Å². The minimum absolute atomic E-state index is 0.0961. The summed E-state index contributed by atoms with van der Waals surface area (Å²) >= 11 is 0. The van der Waals surface area contributed by atoms with E-state index in [0.29, 0.717) is 18.8 Å². The summed E-state index contributed by atoms with van der Waals surface area (Å²) in [7, 11) is 0. The van der Waals surface area contributed by atoms with Crippen molar-refractivity contribution in [2.24, 2.45) is 0 Å². The molecule has 1 fully saturated rings. The van der Waals surface area contributed by atoms with E-state index in [0.717, 1.165) is 24.3 Å². The van der Waals surface area contributed by atoms with Crippen molar-refractivity contribution >= 4 is 17.7 Å². The van der Waals surface area contributed by atoms with Gasteiger partial charge >= 0.3 is 0 Å². The fourth-order valence-corrected chi connectivity index (χ4v) is 2.91. The van der Waals surface area contributed by atoms with Crippen LogP contribution in [0.3, 0.4) is 0 Å². The predicted molar refractivity (Wildman–Crippen MR) is 103 cm³/mol. The number of carbonyl (C=O) groups excluding carboxylic acids is 1. The first-order valence-corrected chi connectivity index (χ1v) is 8.94. The monoisotopic (exact) mass is 370 g/mol. The van der Waals surface area contributed by atoms with Gasteiger partial charge in [0.1, 0.15) is 5.82 Å². The Balaban J connectivity index is 1.54. The van der Waals surface area contributed by atoms with Crippen molar-refractivity contribution < 1.29 is 19.0 Å². The van der Waals surface area contributed by atoms with E-state index in [1.165, 1.54) is 24.3 Å². The first-order valence-electron chi connectivity index (χ1n) is 8.94. The number of halogens is 1. The highest BCUT2D eigenvalue weighted by Crippen LogP contribution is 2.21. The third-order valence-corrected chi connectivity index (χ3v) is 4.38.